The second-order valence-corrected chi connectivity index (χ2v) is 6.52. The average Bonchev–Trinajstić information content (AvgIpc) is 2.55. The van der Waals surface area contributed by atoms with Crippen molar-refractivity contribution in [3.05, 3.63) is 28.2 Å². The minimum absolute atomic E-state index is 0.0791. The second kappa shape index (κ2) is 3.78. The van der Waals surface area contributed by atoms with Crippen LogP contribution in [-0.2, 0) is 12.1 Å². The molecule has 0 unspecified atom stereocenters. The number of nitrogens with zero attached hydrogens (tertiary/aromatic N) is 3. The second-order valence-electron chi connectivity index (χ2n) is 5.60. The van der Waals surface area contributed by atoms with Gasteiger partial charge in [-0.2, -0.15) is 0 Å². The van der Waals surface area contributed by atoms with Crippen molar-refractivity contribution in [2.24, 2.45) is 0 Å². The van der Waals surface area contributed by atoms with E-state index in [1.807, 2.05) is 6.07 Å². The highest BCUT2D eigenvalue weighted by molar-refractivity contribution is 9.10. The molecule has 1 aromatic heterocycles. The van der Waals surface area contributed by atoms with Gasteiger partial charge in [-0.1, -0.05) is 15.9 Å². The Bertz CT molecular complexity index is 633. The number of hydrogen-bond donors (Lipinski definition) is 0. The number of rotatable bonds is 0. The zero-order valence-corrected chi connectivity index (χ0v) is 12.3. The van der Waals surface area contributed by atoms with Crippen molar-refractivity contribution in [1.82, 2.24) is 14.5 Å². The van der Waals surface area contributed by atoms with Crippen LogP contribution in [0.5, 0.6) is 0 Å². The molecule has 0 bridgehead atoms. The Labute approximate surface area is 114 Å². The highest BCUT2D eigenvalue weighted by Gasteiger charge is 2.32. The summed E-state index contributed by atoms with van der Waals surface area (Å²) in [5.74, 6) is 0.667. The van der Waals surface area contributed by atoms with E-state index in [2.05, 4.69) is 51.3 Å². The third-order valence-corrected chi connectivity index (χ3v) is 3.88. The van der Waals surface area contributed by atoms with E-state index in [0.717, 1.165) is 28.9 Å². The van der Waals surface area contributed by atoms with Gasteiger partial charge in [0.15, 0.2) is 5.82 Å². The molecular formula is C13H15BrFN3. The predicted octanol–water partition coefficient (Wildman–Crippen LogP) is 3.12. The van der Waals surface area contributed by atoms with Gasteiger partial charge >= 0.3 is 0 Å². The Balaban J connectivity index is 2.37. The molecular weight excluding hydrogens is 297 g/mol. The molecule has 0 amide bonds. The van der Waals surface area contributed by atoms with Gasteiger partial charge in [-0.25, -0.2) is 9.37 Å². The van der Waals surface area contributed by atoms with Gasteiger partial charge in [-0.3, -0.25) is 4.90 Å². The van der Waals surface area contributed by atoms with Crippen molar-refractivity contribution in [1.29, 1.82) is 0 Å². The van der Waals surface area contributed by atoms with Crippen LogP contribution in [0.4, 0.5) is 4.39 Å². The molecule has 0 saturated heterocycles. The fourth-order valence-corrected chi connectivity index (χ4v) is 3.38. The van der Waals surface area contributed by atoms with Crippen molar-refractivity contribution in [3.63, 3.8) is 0 Å². The van der Waals surface area contributed by atoms with Crippen LogP contribution in [-0.4, -0.2) is 28.0 Å². The van der Waals surface area contributed by atoms with E-state index >= 15 is 0 Å². The summed E-state index contributed by atoms with van der Waals surface area (Å²) in [6.07, 6.45) is 0. The molecule has 1 aromatic carbocycles. The lowest BCUT2D eigenvalue weighted by atomic mass is 10.0. The first-order valence-electron chi connectivity index (χ1n) is 5.94. The Morgan fingerprint density at radius 3 is 2.83 bits per heavy atom. The zero-order valence-electron chi connectivity index (χ0n) is 10.7. The van der Waals surface area contributed by atoms with Gasteiger partial charge in [-0.05, 0) is 33.0 Å². The quantitative estimate of drug-likeness (QED) is 0.745. The molecule has 0 spiro atoms. The molecule has 0 atom stereocenters. The van der Waals surface area contributed by atoms with Crippen LogP contribution in [0, 0.1) is 5.82 Å². The maximum Gasteiger partial charge on any atom is 0.152 e. The van der Waals surface area contributed by atoms with Gasteiger partial charge in [0.05, 0.1) is 17.6 Å². The van der Waals surface area contributed by atoms with Crippen molar-refractivity contribution in [3.8, 4) is 0 Å². The lowest BCUT2D eigenvalue weighted by Gasteiger charge is -2.38. The van der Waals surface area contributed by atoms with E-state index in [1.165, 1.54) is 6.07 Å². The summed E-state index contributed by atoms with van der Waals surface area (Å²) < 4.78 is 16.9. The van der Waals surface area contributed by atoms with E-state index in [4.69, 9.17) is 0 Å². The van der Waals surface area contributed by atoms with Crippen LogP contribution in [0.2, 0.25) is 0 Å². The SMILES string of the molecule is CN1Cc2nc3c(F)cc(Br)cc3n2C(C)(C)C1. The topological polar surface area (TPSA) is 21.1 Å². The summed E-state index contributed by atoms with van der Waals surface area (Å²) in [7, 11) is 2.07. The van der Waals surface area contributed by atoms with E-state index in [1.54, 1.807) is 0 Å². The molecule has 0 aliphatic carbocycles. The Morgan fingerprint density at radius 1 is 1.39 bits per heavy atom. The molecule has 2 heterocycles. The molecule has 96 valence electrons. The van der Waals surface area contributed by atoms with Crippen molar-refractivity contribution in [2.45, 2.75) is 25.9 Å². The fourth-order valence-electron chi connectivity index (χ4n) is 2.96. The summed E-state index contributed by atoms with van der Waals surface area (Å²) in [6, 6.07) is 3.42. The normalized spacial score (nSPS) is 19.2. The maximum absolute atomic E-state index is 14.0. The van der Waals surface area contributed by atoms with E-state index in [0.29, 0.717) is 5.52 Å². The van der Waals surface area contributed by atoms with E-state index in [9.17, 15) is 4.39 Å². The molecule has 1 aliphatic rings. The Hall–Kier alpha value is -0.940. The molecule has 0 N–H and O–H groups in total. The number of halogens is 2. The minimum atomic E-state index is -0.264. The number of fused-ring (bicyclic) bond motifs is 3. The number of likely N-dealkylation sites (N-methyl/N-ethyl adjacent to an activating group) is 1. The fraction of sp³-hybridized carbons (Fsp3) is 0.462. The summed E-state index contributed by atoms with van der Waals surface area (Å²) >= 11 is 3.35. The summed E-state index contributed by atoms with van der Waals surface area (Å²) in [5.41, 5.74) is 1.26. The first kappa shape index (κ1) is 12.1. The lowest BCUT2D eigenvalue weighted by Crippen LogP contribution is -2.45. The highest BCUT2D eigenvalue weighted by Crippen LogP contribution is 2.33. The zero-order chi connectivity index (χ0) is 13.1. The van der Waals surface area contributed by atoms with Crippen molar-refractivity contribution >= 4 is 27.0 Å². The molecule has 5 heteroatoms. The monoisotopic (exact) mass is 311 g/mol. The number of hydrogen-bond acceptors (Lipinski definition) is 2. The van der Waals surface area contributed by atoms with E-state index < -0.39 is 0 Å². The van der Waals surface area contributed by atoms with Gasteiger partial charge in [0.1, 0.15) is 11.3 Å². The summed E-state index contributed by atoms with van der Waals surface area (Å²) in [4.78, 5) is 6.68. The summed E-state index contributed by atoms with van der Waals surface area (Å²) in [5, 5.41) is 0. The van der Waals surface area contributed by atoms with Gasteiger partial charge in [0.25, 0.3) is 0 Å². The van der Waals surface area contributed by atoms with Crippen LogP contribution >= 0.6 is 15.9 Å². The van der Waals surface area contributed by atoms with E-state index in [-0.39, 0.29) is 11.4 Å². The minimum Gasteiger partial charge on any atom is -0.320 e. The van der Waals surface area contributed by atoms with Crippen LogP contribution in [0.1, 0.15) is 19.7 Å². The molecule has 0 saturated carbocycles. The Morgan fingerprint density at radius 2 is 2.11 bits per heavy atom. The van der Waals surface area contributed by atoms with Gasteiger partial charge in [0.2, 0.25) is 0 Å². The van der Waals surface area contributed by atoms with Crippen LogP contribution < -0.4 is 0 Å². The standard InChI is InChI=1S/C13H15BrFN3/c1-13(2)7-17(3)6-11-16-12-9(15)4-8(14)5-10(12)18(11)13/h4-5H,6-7H2,1-3H3. The van der Waals surface area contributed by atoms with Gasteiger partial charge < -0.3 is 4.57 Å². The van der Waals surface area contributed by atoms with Gasteiger partial charge in [0, 0.05) is 11.0 Å². The smallest absolute Gasteiger partial charge is 0.152 e. The number of imidazole rings is 1. The molecule has 0 fully saturated rings. The average molecular weight is 312 g/mol. The highest BCUT2D eigenvalue weighted by atomic mass is 79.9. The molecule has 3 rings (SSSR count). The third kappa shape index (κ3) is 1.68. The summed E-state index contributed by atoms with van der Waals surface area (Å²) in [6.45, 7) is 6.01. The largest absolute Gasteiger partial charge is 0.320 e. The first-order valence-corrected chi connectivity index (χ1v) is 6.73. The maximum atomic E-state index is 14.0. The predicted molar refractivity (Wildman–Crippen MR) is 73.0 cm³/mol. The van der Waals surface area contributed by atoms with Crippen molar-refractivity contribution < 1.29 is 4.39 Å². The van der Waals surface area contributed by atoms with Crippen LogP contribution in [0.3, 0.4) is 0 Å². The number of aromatic nitrogens is 2. The first-order chi connectivity index (χ1) is 8.38. The van der Waals surface area contributed by atoms with Crippen LogP contribution in [0.25, 0.3) is 11.0 Å². The van der Waals surface area contributed by atoms with Gasteiger partial charge in [-0.15, -0.1) is 0 Å². The van der Waals surface area contributed by atoms with Crippen molar-refractivity contribution in [2.75, 3.05) is 13.6 Å². The molecule has 2 aromatic rings. The molecule has 0 radical (unpaired) electrons. The Kier molecular flexibility index (Phi) is 2.54. The molecule has 1 aliphatic heterocycles. The molecule has 18 heavy (non-hydrogen) atoms. The molecule has 3 nitrogen and oxygen atoms in total. The van der Waals surface area contributed by atoms with Crippen LogP contribution in [0.15, 0.2) is 16.6 Å². The lowest BCUT2D eigenvalue weighted by molar-refractivity contribution is 0.162. The third-order valence-electron chi connectivity index (χ3n) is 3.42. The number of benzene rings is 1.